The van der Waals surface area contributed by atoms with Gasteiger partial charge in [-0.25, -0.2) is 4.68 Å². The van der Waals surface area contributed by atoms with E-state index in [0.717, 1.165) is 35.0 Å². The number of aromatic nitrogens is 3. The number of rotatable bonds is 8. The van der Waals surface area contributed by atoms with Gasteiger partial charge in [0.05, 0.1) is 20.9 Å². The zero-order valence-corrected chi connectivity index (χ0v) is 17.1. The van der Waals surface area contributed by atoms with Gasteiger partial charge in [-0.15, -0.1) is 0 Å². The number of aromatic amines is 1. The van der Waals surface area contributed by atoms with E-state index in [0.29, 0.717) is 11.4 Å². The first-order valence-corrected chi connectivity index (χ1v) is 9.29. The normalized spacial score (nSPS) is 11.3. The van der Waals surface area contributed by atoms with Crippen molar-refractivity contribution < 1.29 is 9.47 Å². The van der Waals surface area contributed by atoms with E-state index in [1.165, 1.54) is 0 Å². The van der Waals surface area contributed by atoms with Crippen LogP contribution in [0.1, 0.15) is 17.0 Å². The predicted molar refractivity (Wildman–Crippen MR) is 114 cm³/mol. The maximum Gasteiger partial charge on any atom is 0.217 e. The largest absolute Gasteiger partial charge is 0.493 e. The first-order valence-electron chi connectivity index (χ1n) is 8.88. The average molecular weight is 397 g/mol. The van der Waals surface area contributed by atoms with Gasteiger partial charge in [-0.3, -0.25) is 10.00 Å². The highest BCUT2D eigenvalue weighted by Gasteiger charge is 2.08. The van der Waals surface area contributed by atoms with E-state index < -0.39 is 0 Å². The van der Waals surface area contributed by atoms with Crippen molar-refractivity contribution in [3.8, 4) is 11.5 Å². The van der Waals surface area contributed by atoms with Crippen molar-refractivity contribution in [2.45, 2.75) is 13.2 Å². The maximum absolute atomic E-state index is 5.38. The van der Waals surface area contributed by atoms with E-state index in [2.05, 4.69) is 15.0 Å². The van der Waals surface area contributed by atoms with E-state index in [1.807, 2.05) is 72.4 Å². The second kappa shape index (κ2) is 9.34. The van der Waals surface area contributed by atoms with Crippen LogP contribution in [0, 0.1) is 4.77 Å². The van der Waals surface area contributed by atoms with Crippen molar-refractivity contribution in [1.29, 1.82) is 0 Å². The molecule has 6 nitrogen and oxygen atoms in total. The molecule has 0 aliphatic carbocycles. The van der Waals surface area contributed by atoms with Crippen LogP contribution in [0.25, 0.3) is 12.2 Å². The van der Waals surface area contributed by atoms with Crippen LogP contribution in [0.2, 0.25) is 0 Å². The van der Waals surface area contributed by atoms with Crippen LogP contribution in [0.4, 0.5) is 0 Å². The Balaban J connectivity index is 1.66. The molecule has 0 amide bonds. The summed E-state index contributed by atoms with van der Waals surface area (Å²) >= 11 is 5.38. The Kier molecular flexibility index (Phi) is 6.62. The average Bonchev–Trinajstić information content (AvgIpc) is 3.06. The fraction of sp³-hybridized carbons (Fsp3) is 0.238. The van der Waals surface area contributed by atoms with Gasteiger partial charge in [0.2, 0.25) is 4.77 Å². The highest BCUT2D eigenvalue weighted by atomic mass is 32.1. The van der Waals surface area contributed by atoms with Gasteiger partial charge in [0.1, 0.15) is 5.82 Å². The van der Waals surface area contributed by atoms with Gasteiger partial charge in [0.15, 0.2) is 11.5 Å². The van der Waals surface area contributed by atoms with Crippen LogP contribution in [-0.2, 0) is 13.2 Å². The van der Waals surface area contributed by atoms with Crippen molar-refractivity contribution in [2.75, 3.05) is 21.3 Å². The molecule has 0 aliphatic rings. The summed E-state index contributed by atoms with van der Waals surface area (Å²) < 4.78 is 13.0. The summed E-state index contributed by atoms with van der Waals surface area (Å²) in [6.45, 7) is 1.33. The lowest BCUT2D eigenvalue weighted by Crippen LogP contribution is -2.22. The highest BCUT2D eigenvalue weighted by molar-refractivity contribution is 7.71. The number of H-pyrrole nitrogens is 1. The Morgan fingerprint density at radius 2 is 1.82 bits per heavy atom. The second-order valence-corrected chi connectivity index (χ2v) is 6.77. The zero-order chi connectivity index (χ0) is 19.9. The third kappa shape index (κ3) is 5.09. The summed E-state index contributed by atoms with van der Waals surface area (Å²) in [6.07, 6.45) is 3.93. The summed E-state index contributed by atoms with van der Waals surface area (Å²) in [4.78, 5) is 6.55. The Morgan fingerprint density at radius 3 is 2.54 bits per heavy atom. The smallest absolute Gasteiger partial charge is 0.217 e. The summed E-state index contributed by atoms with van der Waals surface area (Å²) in [5.41, 5.74) is 2.23. The standard InChI is InChI=1S/C21H24N4O2S/c1-24(14-17-9-11-18(26-2)19(13-17)27-3)15-25-21(28)22-20(23-25)12-10-16-7-5-4-6-8-16/h4-13H,14-15H2,1-3H3,(H,22,23,28)/b12-10+. The molecular weight excluding hydrogens is 372 g/mol. The van der Waals surface area contributed by atoms with Gasteiger partial charge in [-0.05, 0) is 48.6 Å². The quantitative estimate of drug-likeness (QED) is 0.578. The molecule has 0 aliphatic heterocycles. The van der Waals surface area contributed by atoms with E-state index >= 15 is 0 Å². The molecule has 146 valence electrons. The molecule has 0 saturated carbocycles. The fourth-order valence-electron chi connectivity index (χ4n) is 2.87. The minimum Gasteiger partial charge on any atom is -0.493 e. The van der Waals surface area contributed by atoms with Gasteiger partial charge >= 0.3 is 0 Å². The van der Waals surface area contributed by atoms with Crippen molar-refractivity contribution in [1.82, 2.24) is 19.7 Å². The van der Waals surface area contributed by atoms with E-state index in [4.69, 9.17) is 21.7 Å². The topological polar surface area (TPSA) is 55.3 Å². The molecule has 0 atom stereocenters. The summed E-state index contributed by atoms with van der Waals surface area (Å²) in [6, 6.07) is 16.0. The van der Waals surface area contributed by atoms with E-state index in [9.17, 15) is 0 Å². The third-order valence-corrected chi connectivity index (χ3v) is 4.52. The molecule has 0 bridgehead atoms. The van der Waals surface area contributed by atoms with Gasteiger partial charge < -0.3 is 9.47 Å². The van der Waals surface area contributed by atoms with Crippen LogP contribution in [0.3, 0.4) is 0 Å². The fourth-order valence-corrected chi connectivity index (χ4v) is 3.07. The monoisotopic (exact) mass is 396 g/mol. The van der Waals surface area contributed by atoms with Crippen molar-refractivity contribution in [3.63, 3.8) is 0 Å². The predicted octanol–water partition coefficient (Wildman–Crippen LogP) is 4.22. The Bertz CT molecular complexity index is 995. The molecule has 3 aromatic rings. The van der Waals surface area contributed by atoms with Crippen molar-refractivity contribution in [3.05, 3.63) is 70.3 Å². The first kappa shape index (κ1) is 19.9. The number of hydrogen-bond donors (Lipinski definition) is 1. The van der Waals surface area contributed by atoms with Crippen LogP contribution in [-0.4, -0.2) is 40.9 Å². The molecule has 2 aromatic carbocycles. The molecule has 1 heterocycles. The number of ether oxygens (including phenoxy) is 2. The van der Waals surface area contributed by atoms with Gasteiger partial charge in [0, 0.05) is 6.54 Å². The van der Waals surface area contributed by atoms with Crippen LogP contribution >= 0.6 is 12.2 Å². The zero-order valence-electron chi connectivity index (χ0n) is 16.3. The Hall–Kier alpha value is -2.90. The van der Waals surface area contributed by atoms with Crippen molar-refractivity contribution in [2.24, 2.45) is 0 Å². The minimum atomic E-state index is 0.520. The minimum absolute atomic E-state index is 0.520. The Morgan fingerprint density at radius 1 is 1.07 bits per heavy atom. The Labute approximate surface area is 170 Å². The van der Waals surface area contributed by atoms with Crippen molar-refractivity contribution >= 4 is 24.4 Å². The molecule has 0 saturated heterocycles. The van der Waals surface area contributed by atoms with E-state index in [-0.39, 0.29) is 0 Å². The number of methoxy groups -OCH3 is 2. The molecule has 0 spiro atoms. The molecular formula is C21H24N4O2S. The molecule has 7 heteroatoms. The van der Waals surface area contributed by atoms with Gasteiger partial charge in [0.25, 0.3) is 0 Å². The highest BCUT2D eigenvalue weighted by Crippen LogP contribution is 2.27. The molecule has 1 N–H and O–H groups in total. The van der Waals surface area contributed by atoms with Gasteiger partial charge in [-0.1, -0.05) is 42.5 Å². The summed E-state index contributed by atoms with van der Waals surface area (Å²) in [7, 11) is 5.30. The molecule has 0 fully saturated rings. The lowest BCUT2D eigenvalue weighted by Gasteiger charge is -2.18. The molecule has 1 aromatic heterocycles. The van der Waals surface area contributed by atoms with Crippen LogP contribution in [0.5, 0.6) is 11.5 Å². The second-order valence-electron chi connectivity index (χ2n) is 6.41. The lowest BCUT2D eigenvalue weighted by atomic mass is 10.2. The first-order chi connectivity index (χ1) is 13.6. The van der Waals surface area contributed by atoms with Crippen LogP contribution < -0.4 is 9.47 Å². The lowest BCUT2D eigenvalue weighted by molar-refractivity contribution is 0.243. The van der Waals surface area contributed by atoms with Gasteiger partial charge in [-0.2, -0.15) is 4.98 Å². The number of hydrogen-bond acceptors (Lipinski definition) is 5. The SMILES string of the molecule is COc1ccc(CN(C)Cn2[nH]c(/C=C/c3ccccc3)nc2=S)cc1OC. The molecule has 28 heavy (non-hydrogen) atoms. The summed E-state index contributed by atoms with van der Waals surface area (Å²) in [5.74, 6) is 2.17. The molecule has 3 rings (SSSR count). The number of benzene rings is 2. The van der Waals surface area contributed by atoms with E-state index in [1.54, 1.807) is 14.2 Å². The number of nitrogens with one attached hydrogen (secondary N) is 1. The van der Waals surface area contributed by atoms with Crippen LogP contribution in [0.15, 0.2) is 48.5 Å². The maximum atomic E-state index is 5.38. The molecule has 0 radical (unpaired) electrons. The third-order valence-electron chi connectivity index (χ3n) is 4.21. The summed E-state index contributed by atoms with van der Waals surface area (Å²) in [5, 5.41) is 3.24. The molecule has 0 unspecified atom stereocenters. The number of nitrogens with zero attached hydrogens (tertiary/aromatic N) is 3.